The van der Waals surface area contributed by atoms with Crippen molar-refractivity contribution in [1.29, 1.82) is 0 Å². The number of methoxy groups -OCH3 is 1. The van der Waals surface area contributed by atoms with Gasteiger partial charge in [-0.25, -0.2) is 0 Å². The number of rotatable bonds is 7. The van der Waals surface area contributed by atoms with Gasteiger partial charge in [0.05, 0.1) is 24.2 Å². The van der Waals surface area contributed by atoms with Crippen LogP contribution in [0.1, 0.15) is 51.5 Å². The van der Waals surface area contributed by atoms with Crippen molar-refractivity contribution >= 4 is 0 Å². The lowest BCUT2D eigenvalue weighted by molar-refractivity contribution is -0.725. The van der Waals surface area contributed by atoms with Crippen molar-refractivity contribution in [3.8, 4) is 5.75 Å². The highest BCUT2D eigenvalue weighted by molar-refractivity contribution is 5.29. The van der Waals surface area contributed by atoms with E-state index in [4.69, 9.17) is 15.3 Å². The Hall–Kier alpha value is -2.02. The molecule has 1 aliphatic rings. The van der Waals surface area contributed by atoms with Gasteiger partial charge >= 0.3 is 0 Å². The second-order valence-corrected chi connectivity index (χ2v) is 7.43. The van der Waals surface area contributed by atoms with E-state index in [0.29, 0.717) is 24.0 Å². The topological polar surface area (TPSA) is 86.2 Å². The van der Waals surface area contributed by atoms with Crippen molar-refractivity contribution < 1.29 is 14.5 Å². The Labute approximate surface area is 149 Å². The lowest BCUT2D eigenvalue weighted by Crippen LogP contribution is -2.48. The Bertz CT molecular complexity index is 569. The fourth-order valence-electron chi connectivity index (χ4n) is 3.17. The molecule has 140 valence electrons. The van der Waals surface area contributed by atoms with Gasteiger partial charge in [0.1, 0.15) is 11.9 Å². The van der Waals surface area contributed by atoms with E-state index in [1.165, 1.54) is 5.56 Å². The van der Waals surface area contributed by atoms with Crippen LogP contribution in [-0.2, 0) is 4.84 Å². The normalized spacial score (nSPS) is 21.2. The Morgan fingerprint density at radius 3 is 2.52 bits per heavy atom. The smallest absolute Gasteiger partial charge is 0.233 e. The summed E-state index contributed by atoms with van der Waals surface area (Å²) in [4.78, 5) is 6.05. The van der Waals surface area contributed by atoms with Crippen LogP contribution in [0.4, 0.5) is 0 Å². The molecule has 1 aliphatic carbocycles. The molecule has 1 aromatic carbocycles. The van der Waals surface area contributed by atoms with Gasteiger partial charge < -0.3 is 20.5 Å². The third-order valence-corrected chi connectivity index (χ3v) is 4.56. The van der Waals surface area contributed by atoms with E-state index in [0.717, 1.165) is 25.0 Å². The first-order valence-electron chi connectivity index (χ1n) is 8.80. The number of hydrogen-bond donors (Lipinski definition) is 1. The highest BCUT2D eigenvalue weighted by Gasteiger charge is 2.31. The van der Waals surface area contributed by atoms with E-state index in [9.17, 15) is 5.21 Å². The number of benzene rings is 1. The zero-order valence-corrected chi connectivity index (χ0v) is 15.6. The second-order valence-electron chi connectivity index (χ2n) is 7.43. The molecule has 2 atom stereocenters. The monoisotopic (exact) mass is 350 g/mol. The minimum atomic E-state index is -0.366. The first kappa shape index (κ1) is 19.3. The molecule has 1 saturated carbocycles. The van der Waals surface area contributed by atoms with E-state index in [1.54, 1.807) is 12.1 Å². The molecule has 7 heteroatoms. The van der Waals surface area contributed by atoms with Crippen LogP contribution >= 0.6 is 0 Å². The zero-order valence-electron chi connectivity index (χ0n) is 15.6. The van der Waals surface area contributed by atoms with Crippen LogP contribution in [0, 0.1) is 5.21 Å². The first-order valence-corrected chi connectivity index (χ1v) is 8.80. The standard InChI is InChI=1S/C18H30N4O3/c1-18(2,3)21(12-11-19)22(23)20-25-17-10-7-15(13-17)14-5-8-16(24-4)9-6-14/h5-6,8-9,15,17H,7,10-13,19H2,1-4H3/b22-20-/t15-,17+/m1/s1. The average Bonchev–Trinajstić information content (AvgIpc) is 3.05. The summed E-state index contributed by atoms with van der Waals surface area (Å²) >= 11 is 0. The fourth-order valence-corrected chi connectivity index (χ4v) is 3.17. The Kier molecular flexibility index (Phi) is 6.47. The van der Waals surface area contributed by atoms with Crippen LogP contribution in [-0.4, -0.2) is 41.8 Å². The first-order chi connectivity index (χ1) is 11.8. The summed E-state index contributed by atoms with van der Waals surface area (Å²) in [6.07, 6.45) is 2.73. The van der Waals surface area contributed by atoms with Gasteiger partial charge in [0.2, 0.25) is 5.28 Å². The molecule has 0 amide bonds. The maximum atomic E-state index is 12.2. The molecule has 0 saturated heterocycles. The average molecular weight is 350 g/mol. The number of hydrogen-bond acceptors (Lipinski definition) is 5. The highest BCUT2D eigenvalue weighted by atomic mass is 16.7. The fraction of sp³-hybridized carbons (Fsp3) is 0.667. The Balaban J connectivity index is 1.93. The third-order valence-electron chi connectivity index (χ3n) is 4.56. The summed E-state index contributed by atoms with van der Waals surface area (Å²) in [5, 5.41) is 17.6. The summed E-state index contributed by atoms with van der Waals surface area (Å²) in [5.41, 5.74) is 6.49. The van der Waals surface area contributed by atoms with Crippen LogP contribution in [0.3, 0.4) is 0 Å². The van der Waals surface area contributed by atoms with E-state index in [-0.39, 0.29) is 11.6 Å². The lowest BCUT2D eigenvalue weighted by Gasteiger charge is -2.29. The van der Waals surface area contributed by atoms with Crippen molar-refractivity contribution in [2.24, 2.45) is 11.0 Å². The molecule has 25 heavy (non-hydrogen) atoms. The van der Waals surface area contributed by atoms with Gasteiger partial charge in [-0.05, 0) is 63.6 Å². The number of nitrogens with zero attached hydrogens (tertiary/aromatic N) is 3. The molecule has 1 fully saturated rings. The molecule has 0 aliphatic heterocycles. The SMILES string of the molecule is COc1ccc([C@@H]2CC[C@H](O/N=[N+](\[O-])N(CCN)C(C)(C)C)C2)cc1. The predicted octanol–water partition coefficient (Wildman–Crippen LogP) is 3.20. The molecule has 0 unspecified atom stereocenters. The molecule has 7 nitrogen and oxygen atoms in total. The van der Waals surface area contributed by atoms with Crippen molar-refractivity contribution in [3.63, 3.8) is 0 Å². The Morgan fingerprint density at radius 2 is 1.96 bits per heavy atom. The van der Waals surface area contributed by atoms with Crippen molar-refractivity contribution in [2.75, 3.05) is 20.2 Å². The quantitative estimate of drug-likeness (QED) is 0.463. The van der Waals surface area contributed by atoms with Gasteiger partial charge in [-0.2, -0.15) is 0 Å². The van der Waals surface area contributed by atoms with Crippen LogP contribution in [0.15, 0.2) is 29.5 Å². The van der Waals surface area contributed by atoms with Crippen molar-refractivity contribution in [2.45, 2.75) is 57.6 Å². The molecule has 0 spiro atoms. The lowest BCUT2D eigenvalue weighted by atomic mass is 9.98. The molecule has 0 aromatic heterocycles. The maximum Gasteiger partial charge on any atom is 0.233 e. The predicted molar refractivity (Wildman–Crippen MR) is 96.0 cm³/mol. The van der Waals surface area contributed by atoms with Crippen LogP contribution in [0.2, 0.25) is 0 Å². The molecule has 2 rings (SSSR count). The third kappa shape index (κ3) is 5.22. The minimum Gasteiger partial charge on any atom is -0.569 e. The van der Waals surface area contributed by atoms with E-state index >= 15 is 0 Å². The van der Waals surface area contributed by atoms with Gasteiger partial charge in [0.15, 0.2) is 0 Å². The number of ether oxygens (including phenoxy) is 1. The highest BCUT2D eigenvalue weighted by Crippen LogP contribution is 2.36. The largest absolute Gasteiger partial charge is 0.569 e. The van der Waals surface area contributed by atoms with Gasteiger partial charge in [-0.15, -0.1) is 5.01 Å². The molecular formula is C18H30N4O3. The summed E-state index contributed by atoms with van der Waals surface area (Å²) in [6, 6.07) is 8.12. The molecular weight excluding hydrogens is 320 g/mol. The van der Waals surface area contributed by atoms with Gasteiger partial charge in [0.25, 0.3) is 0 Å². The maximum absolute atomic E-state index is 12.2. The number of nitrogens with two attached hydrogens (primary N) is 1. The molecule has 0 radical (unpaired) electrons. The van der Waals surface area contributed by atoms with Gasteiger partial charge in [-0.3, -0.25) is 0 Å². The van der Waals surface area contributed by atoms with Crippen LogP contribution in [0.25, 0.3) is 0 Å². The molecule has 1 aromatic rings. The van der Waals surface area contributed by atoms with Crippen LogP contribution < -0.4 is 10.5 Å². The van der Waals surface area contributed by atoms with E-state index < -0.39 is 0 Å². The van der Waals surface area contributed by atoms with E-state index in [1.807, 2.05) is 32.9 Å². The zero-order chi connectivity index (χ0) is 18.4. The summed E-state index contributed by atoms with van der Waals surface area (Å²) in [6.45, 7) is 6.64. The number of hydrazine groups is 1. The summed E-state index contributed by atoms with van der Waals surface area (Å²) in [7, 11) is 1.66. The van der Waals surface area contributed by atoms with Crippen molar-refractivity contribution in [1.82, 2.24) is 5.01 Å². The van der Waals surface area contributed by atoms with Gasteiger partial charge in [0, 0.05) is 6.54 Å². The molecule has 2 N–H and O–H groups in total. The van der Waals surface area contributed by atoms with E-state index in [2.05, 4.69) is 17.4 Å². The molecule has 0 bridgehead atoms. The van der Waals surface area contributed by atoms with Crippen molar-refractivity contribution in [3.05, 3.63) is 35.0 Å². The summed E-state index contributed by atoms with van der Waals surface area (Å²) < 4.78 is 5.19. The summed E-state index contributed by atoms with van der Waals surface area (Å²) in [5.74, 6) is 1.28. The van der Waals surface area contributed by atoms with Gasteiger partial charge in [-0.1, -0.05) is 12.1 Å². The Morgan fingerprint density at radius 1 is 1.28 bits per heavy atom. The molecule has 0 heterocycles. The minimum absolute atomic E-state index is 0.0387. The second kappa shape index (κ2) is 8.38. The van der Waals surface area contributed by atoms with Crippen LogP contribution in [0.5, 0.6) is 5.75 Å².